The molecule has 0 spiro atoms. The van der Waals surface area contributed by atoms with Gasteiger partial charge in [-0.15, -0.1) is 11.3 Å². The van der Waals surface area contributed by atoms with Crippen LogP contribution in [0.2, 0.25) is 0 Å². The first kappa shape index (κ1) is 12.1. The van der Waals surface area contributed by atoms with Gasteiger partial charge in [0.2, 0.25) is 0 Å². The third-order valence-electron chi connectivity index (χ3n) is 4.17. The first-order valence-corrected chi connectivity index (χ1v) is 6.81. The Morgan fingerprint density at radius 2 is 2.00 bits per heavy atom. The molecule has 1 atom stereocenters. The second-order valence-corrected chi connectivity index (χ2v) is 6.98. The van der Waals surface area contributed by atoms with E-state index in [1.807, 2.05) is 6.92 Å². The van der Waals surface area contributed by atoms with Crippen molar-refractivity contribution in [3.8, 4) is 0 Å². The molecule has 0 bridgehead atoms. The second kappa shape index (κ2) is 3.81. The Morgan fingerprint density at radius 3 is 2.44 bits per heavy atom. The van der Waals surface area contributed by atoms with E-state index >= 15 is 0 Å². The maximum Gasteiger partial charge on any atom is 0.0959 e. The van der Waals surface area contributed by atoms with Crippen LogP contribution >= 0.6 is 11.3 Å². The van der Waals surface area contributed by atoms with Crippen LogP contribution in [0.4, 0.5) is 0 Å². The van der Waals surface area contributed by atoms with Gasteiger partial charge in [-0.2, -0.15) is 0 Å². The van der Waals surface area contributed by atoms with Crippen LogP contribution in [-0.2, 0) is 6.42 Å². The molecule has 1 saturated carbocycles. The lowest BCUT2D eigenvalue weighted by molar-refractivity contribution is -0.0419. The normalized spacial score (nSPS) is 28.6. The summed E-state index contributed by atoms with van der Waals surface area (Å²) >= 11 is 1.73. The lowest BCUT2D eigenvalue weighted by Gasteiger charge is -2.36. The number of aromatic nitrogens is 1. The van der Waals surface area contributed by atoms with E-state index in [0.29, 0.717) is 0 Å². The van der Waals surface area contributed by atoms with Crippen LogP contribution < -0.4 is 0 Å². The Balaban J connectivity index is 2.21. The third kappa shape index (κ3) is 1.91. The largest absolute Gasteiger partial charge is 0.389 e. The van der Waals surface area contributed by atoms with Crippen LogP contribution in [0.3, 0.4) is 0 Å². The molecule has 1 unspecified atom stereocenters. The Bertz CT molecular complexity index is 377. The topological polar surface area (TPSA) is 33.1 Å². The Kier molecular flexibility index (Phi) is 2.87. The van der Waals surface area contributed by atoms with Crippen LogP contribution in [0, 0.1) is 19.3 Å². The van der Waals surface area contributed by atoms with Crippen molar-refractivity contribution in [3.63, 3.8) is 0 Å². The molecule has 0 aromatic carbocycles. The molecule has 90 valence electrons. The molecule has 0 amide bonds. The molecule has 2 nitrogen and oxygen atoms in total. The summed E-state index contributed by atoms with van der Waals surface area (Å²) in [6, 6.07) is 0. The number of aryl methyl sites for hydroxylation is 2. The van der Waals surface area contributed by atoms with Crippen LogP contribution in [0.5, 0.6) is 0 Å². The molecular formula is C13H21NOS. The van der Waals surface area contributed by atoms with Crippen LogP contribution in [0.25, 0.3) is 0 Å². The summed E-state index contributed by atoms with van der Waals surface area (Å²) in [5.41, 5.74) is 0.587. The van der Waals surface area contributed by atoms with Crippen molar-refractivity contribution in [2.24, 2.45) is 5.41 Å². The summed E-state index contributed by atoms with van der Waals surface area (Å²) in [6.45, 7) is 8.49. The highest BCUT2D eigenvalue weighted by Crippen LogP contribution is 2.47. The van der Waals surface area contributed by atoms with Gasteiger partial charge in [0.15, 0.2) is 0 Å². The fraction of sp³-hybridized carbons (Fsp3) is 0.769. The zero-order valence-corrected chi connectivity index (χ0v) is 11.4. The van der Waals surface area contributed by atoms with E-state index in [9.17, 15) is 5.11 Å². The Hall–Kier alpha value is -0.410. The van der Waals surface area contributed by atoms with Gasteiger partial charge in [-0.05, 0) is 38.5 Å². The number of hydrogen-bond donors (Lipinski definition) is 1. The second-order valence-electron chi connectivity index (χ2n) is 5.69. The molecule has 0 radical (unpaired) electrons. The molecular weight excluding hydrogens is 218 g/mol. The monoisotopic (exact) mass is 239 g/mol. The van der Waals surface area contributed by atoms with Crippen molar-refractivity contribution in [2.75, 3.05) is 0 Å². The average molecular weight is 239 g/mol. The summed E-state index contributed by atoms with van der Waals surface area (Å²) in [4.78, 5) is 5.82. The summed E-state index contributed by atoms with van der Waals surface area (Å²) in [7, 11) is 0. The third-order valence-corrected chi connectivity index (χ3v) is 5.24. The molecule has 1 fully saturated rings. The molecule has 3 heteroatoms. The summed E-state index contributed by atoms with van der Waals surface area (Å²) in [6.07, 6.45) is 3.89. The highest BCUT2D eigenvalue weighted by molar-refractivity contribution is 7.11. The molecule has 1 aliphatic carbocycles. The molecule has 1 aromatic rings. The van der Waals surface area contributed by atoms with Crippen LogP contribution in [-0.4, -0.2) is 15.7 Å². The first-order chi connectivity index (χ1) is 7.34. The molecule has 1 heterocycles. The molecule has 1 aliphatic rings. The molecule has 2 rings (SSSR count). The standard InChI is InChI=1S/C13H21NOS/c1-9-10(2)16-11(14-9)8-13(15)7-5-6-12(13,3)4/h15H,5-8H2,1-4H3. The van der Waals surface area contributed by atoms with Crippen LogP contribution in [0.1, 0.15) is 48.7 Å². The highest BCUT2D eigenvalue weighted by Gasteiger charge is 2.47. The minimum Gasteiger partial charge on any atom is -0.389 e. The van der Waals surface area contributed by atoms with Gasteiger partial charge in [-0.1, -0.05) is 13.8 Å². The predicted molar refractivity (Wildman–Crippen MR) is 67.9 cm³/mol. The van der Waals surface area contributed by atoms with E-state index in [0.717, 1.165) is 36.4 Å². The Labute approximate surface area is 102 Å². The van der Waals surface area contributed by atoms with Crippen molar-refractivity contribution < 1.29 is 5.11 Å². The highest BCUT2D eigenvalue weighted by atomic mass is 32.1. The quantitative estimate of drug-likeness (QED) is 0.859. The van der Waals surface area contributed by atoms with Gasteiger partial charge >= 0.3 is 0 Å². The van der Waals surface area contributed by atoms with Crippen molar-refractivity contribution in [1.29, 1.82) is 0 Å². The van der Waals surface area contributed by atoms with Crippen molar-refractivity contribution >= 4 is 11.3 Å². The number of hydrogen-bond acceptors (Lipinski definition) is 3. The smallest absolute Gasteiger partial charge is 0.0959 e. The fourth-order valence-electron chi connectivity index (χ4n) is 2.59. The van der Waals surface area contributed by atoms with Crippen molar-refractivity contribution in [3.05, 3.63) is 15.6 Å². The lowest BCUT2D eigenvalue weighted by atomic mass is 9.76. The molecule has 0 aliphatic heterocycles. The number of thiazole rings is 1. The van der Waals surface area contributed by atoms with E-state index in [1.54, 1.807) is 11.3 Å². The van der Waals surface area contributed by atoms with E-state index in [-0.39, 0.29) is 5.41 Å². The van der Waals surface area contributed by atoms with Crippen molar-refractivity contribution in [2.45, 2.75) is 59.0 Å². The van der Waals surface area contributed by atoms with E-state index in [1.165, 1.54) is 4.88 Å². The van der Waals surface area contributed by atoms with E-state index in [4.69, 9.17) is 0 Å². The van der Waals surface area contributed by atoms with Gasteiger partial charge in [0, 0.05) is 11.3 Å². The number of aliphatic hydroxyl groups is 1. The molecule has 1 N–H and O–H groups in total. The lowest BCUT2D eigenvalue weighted by Crippen LogP contribution is -2.41. The summed E-state index contributed by atoms with van der Waals surface area (Å²) in [5.74, 6) is 0. The molecule has 16 heavy (non-hydrogen) atoms. The molecule has 1 aromatic heterocycles. The molecule has 0 saturated heterocycles. The fourth-order valence-corrected chi connectivity index (χ4v) is 3.63. The van der Waals surface area contributed by atoms with Gasteiger partial charge in [0.1, 0.15) is 0 Å². The predicted octanol–water partition coefficient (Wildman–Crippen LogP) is 3.24. The minimum atomic E-state index is -0.552. The zero-order valence-electron chi connectivity index (χ0n) is 10.6. The summed E-state index contributed by atoms with van der Waals surface area (Å²) < 4.78 is 0. The zero-order chi connectivity index (χ0) is 12.0. The van der Waals surface area contributed by atoms with Gasteiger partial charge in [0.05, 0.1) is 16.3 Å². The van der Waals surface area contributed by atoms with Gasteiger partial charge in [-0.3, -0.25) is 0 Å². The number of rotatable bonds is 2. The summed E-state index contributed by atoms with van der Waals surface area (Å²) in [5, 5.41) is 11.8. The first-order valence-electron chi connectivity index (χ1n) is 5.99. The average Bonchev–Trinajstić information content (AvgIpc) is 2.56. The Morgan fingerprint density at radius 1 is 1.31 bits per heavy atom. The van der Waals surface area contributed by atoms with Crippen molar-refractivity contribution in [1.82, 2.24) is 4.98 Å². The SMILES string of the molecule is Cc1nc(CC2(O)CCCC2(C)C)sc1C. The number of nitrogens with zero attached hydrogens (tertiary/aromatic N) is 1. The van der Waals surface area contributed by atoms with Gasteiger partial charge < -0.3 is 5.11 Å². The van der Waals surface area contributed by atoms with Crippen LogP contribution in [0.15, 0.2) is 0 Å². The van der Waals surface area contributed by atoms with E-state index < -0.39 is 5.60 Å². The maximum absolute atomic E-state index is 10.7. The minimum absolute atomic E-state index is 0.0283. The van der Waals surface area contributed by atoms with Gasteiger partial charge in [-0.25, -0.2) is 4.98 Å². The maximum atomic E-state index is 10.7. The van der Waals surface area contributed by atoms with Gasteiger partial charge in [0.25, 0.3) is 0 Å². The van der Waals surface area contributed by atoms with E-state index in [2.05, 4.69) is 25.8 Å².